The lowest BCUT2D eigenvalue weighted by Gasteiger charge is -2.17. The van der Waals surface area contributed by atoms with Gasteiger partial charge in [0, 0.05) is 11.3 Å². The molecule has 0 N–H and O–H groups in total. The van der Waals surface area contributed by atoms with E-state index in [1.54, 1.807) is 0 Å². The van der Waals surface area contributed by atoms with Gasteiger partial charge in [-0.1, -0.05) is 109 Å². The number of benzene rings is 5. The molecule has 0 saturated carbocycles. The molecule has 4 nitrogen and oxygen atoms in total. The van der Waals surface area contributed by atoms with Crippen LogP contribution in [-0.4, -0.2) is 14.1 Å². The summed E-state index contributed by atoms with van der Waals surface area (Å²) in [6.45, 7) is 0. The van der Waals surface area contributed by atoms with Crippen LogP contribution < -0.4 is 5.69 Å². The molecular formula is C33H23N3OS. The van der Waals surface area contributed by atoms with Crippen molar-refractivity contribution in [3.05, 3.63) is 155 Å². The van der Waals surface area contributed by atoms with Gasteiger partial charge in [-0.2, -0.15) is 4.98 Å². The van der Waals surface area contributed by atoms with Crippen LogP contribution in [0.5, 0.6) is 0 Å². The molecular weight excluding hydrogens is 486 g/mol. The Labute approximate surface area is 225 Å². The Morgan fingerprint density at radius 2 is 0.947 bits per heavy atom. The molecule has 6 aromatic rings. The number of hydrogen-bond donors (Lipinski definition) is 0. The fourth-order valence-corrected chi connectivity index (χ4v) is 4.99. The monoisotopic (exact) mass is 509 g/mol. The minimum atomic E-state index is -0.424. The average molecular weight is 510 g/mol. The Hall–Kier alpha value is -4.87. The van der Waals surface area contributed by atoms with Crippen molar-refractivity contribution in [2.24, 2.45) is 0 Å². The molecule has 5 heteroatoms. The molecule has 0 spiro atoms. The first-order valence-electron chi connectivity index (χ1n) is 12.3. The Morgan fingerprint density at radius 1 is 0.474 bits per heavy atom. The highest BCUT2D eigenvalue weighted by Crippen LogP contribution is 2.28. The fraction of sp³-hybridized carbons (Fsp3) is 0. The van der Waals surface area contributed by atoms with Gasteiger partial charge in [0.1, 0.15) is 0 Å². The Kier molecular flexibility index (Phi) is 6.34. The van der Waals surface area contributed by atoms with Gasteiger partial charge in [0.25, 0.3) is 0 Å². The summed E-state index contributed by atoms with van der Waals surface area (Å²) < 4.78 is 3.72. The lowest BCUT2D eigenvalue weighted by Crippen LogP contribution is -2.27. The number of hydrogen-bond acceptors (Lipinski definition) is 3. The third-order valence-corrected chi connectivity index (χ3v) is 6.81. The Morgan fingerprint density at radius 3 is 1.58 bits per heavy atom. The van der Waals surface area contributed by atoms with E-state index >= 15 is 0 Å². The van der Waals surface area contributed by atoms with Gasteiger partial charge in [0.2, 0.25) is 0 Å². The van der Waals surface area contributed by atoms with Gasteiger partial charge >= 0.3 is 5.69 Å². The van der Waals surface area contributed by atoms with Crippen LogP contribution in [0, 0.1) is 4.77 Å². The summed E-state index contributed by atoms with van der Waals surface area (Å²) in [6, 6.07) is 45.9. The molecule has 0 amide bonds. The highest BCUT2D eigenvalue weighted by Gasteiger charge is 2.16. The highest BCUT2D eigenvalue weighted by molar-refractivity contribution is 7.71. The van der Waals surface area contributed by atoms with Crippen molar-refractivity contribution < 1.29 is 0 Å². The minimum absolute atomic E-state index is 0.349. The van der Waals surface area contributed by atoms with Crippen molar-refractivity contribution in [1.82, 2.24) is 14.1 Å². The van der Waals surface area contributed by atoms with Crippen molar-refractivity contribution in [2.45, 2.75) is 0 Å². The van der Waals surface area contributed by atoms with E-state index in [0.29, 0.717) is 16.3 Å². The first kappa shape index (κ1) is 23.5. The molecule has 6 rings (SSSR count). The van der Waals surface area contributed by atoms with Crippen molar-refractivity contribution in [3.63, 3.8) is 0 Å². The maximum atomic E-state index is 13.6. The molecule has 182 valence electrons. The van der Waals surface area contributed by atoms with E-state index in [1.165, 1.54) is 4.57 Å². The predicted octanol–water partition coefficient (Wildman–Crippen LogP) is 7.75. The van der Waals surface area contributed by atoms with Crippen molar-refractivity contribution in [2.75, 3.05) is 0 Å². The number of nitrogens with zero attached hydrogens (tertiary/aromatic N) is 3. The number of aromatic nitrogens is 3. The van der Waals surface area contributed by atoms with Gasteiger partial charge in [0.05, 0.1) is 5.69 Å². The van der Waals surface area contributed by atoms with Crippen LogP contribution in [-0.2, 0) is 0 Å². The summed E-state index contributed by atoms with van der Waals surface area (Å²) in [5.74, 6) is 0.499. The van der Waals surface area contributed by atoms with Crippen LogP contribution in [0.2, 0.25) is 0 Å². The van der Waals surface area contributed by atoms with Crippen LogP contribution in [0.1, 0.15) is 0 Å². The summed E-state index contributed by atoms with van der Waals surface area (Å²) in [5, 5.41) is 0. The Balaban J connectivity index is 1.57. The predicted molar refractivity (Wildman–Crippen MR) is 156 cm³/mol. The highest BCUT2D eigenvalue weighted by atomic mass is 32.1. The average Bonchev–Trinajstić information content (AvgIpc) is 2.98. The minimum Gasteiger partial charge on any atom is -0.270 e. The molecule has 0 saturated heterocycles. The van der Waals surface area contributed by atoms with Gasteiger partial charge < -0.3 is 0 Å². The largest absolute Gasteiger partial charge is 0.356 e. The summed E-state index contributed by atoms with van der Waals surface area (Å²) >= 11 is 6.00. The van der Waals surface area contributed by atoms with Gasteiger partial charge in [-0.25, -0.2) is 9.36 Å². The summed E-state index contributed by atoms with van der Waals surface area (Å²) in [5.41, 5.74) is 6.07. The lowest BCUT2D eigenvalue weighted by molar-refractivity contribution is 0.786. The molecule has 5 aromatic carbocycles. The second-order valence-corrected chi connectivity index (χ2v) is 9.24. The van der Waals surface area contributed by atoms with Crippen LogP contribution in [0.25, 0.3) is 45.0 Å². The first-order chi connectivity index (χ1) is 18.7. The van der Waals surface area contributed by atoms with Crippen LogP contribution in [0.4, 0.5) is 0 Å². The van der Waals surface area contributed by atoms with Crippen LogP contribution in [0.3, 0.4) is 0 Å². The van der Waals surface area contributed by atoms with Gasteiger partial charge in [-0.15, -0.1) is 0 Å². The second kappa shape index (κ2) is 10.2. The zero-order valence-electron chi connectivity index (χ0n) is 20.4. The van der Waals surface area contributed by atoms with Crippen molar-refractivity contribution in [1.29, 1.82) is 0 Å². The van der Waals surface area contributed by atoms with E-state index < -0.39 is 5.69 Å². The van der Waals surface area contributed by atoms with E-state index in [-0.39, 0.29) is 0 Å². The zero-order chi connectivity index (χ0) is 25.9. The molecule has 0 unspecified atom stereocenters. The smallest absolute Gasteiger partial charge is 0.270 e. The number of para-hydroxylation sites is 1. The summed E-state index contributed by atoms with van der Waals surface area (Å²) in [7, 11) is 0. The molecule has 0 radical (unpaired) electrons. The molecule has 0 aliphatic rings. The molecule has 0 aliphatic heterocycles. The summed E-state index contributed by atoms with van der Waals surface area (Å²) in [4.78, 5) is 18.2. The third-order valence-electron chi connectivity index (χ3n) is 6.44. The van der Waals surface area contributed by atoms with Crippen LogP contribution >= 0.6 is 12.2 Å². The molecule has 0 atom stereocenters. The standard InChI is InChI=1S/C33H23N3OS/c37-32-34-31(28-18-10-16-26(22-28)24-12-4-1-5-13-24)35(29-19-8-3-9-20-29)33(38)36(32)30-21-11-17-27(23-30)25-14-6-2-7-15-25/h1-23H. The third kappa shape index (κ3) is 4.51. The van der Waals surface area contributed by atoms with E-state index in [4.69, 9.17) is 12.2 Å². The molecule has 38 heavy (non-hydrogen) atoms. The molecule has 0 fully saturated rings. The molecule has 0 aliphatic carbocycles. The second-order valence-electron chi connectivity index (χ2n) is 8.87. The van der Waals surface area contributed by atoms with Gasteiger partial charge in [0.15, 0.2) is 10.6 Å². The molecule has 1 aromatic heterocycles. The Bertz CT molecular complexity index is 1840. The fourth-order valence-electron chi connectivity index (χ4n) is 4.61. The molecule has 1 heterocycles. The van der Waals surface area contributed by atoms with Gasteiger partial charge in [-0.05, 0) is 64.8 Å². The lowest BCUT2D eigenvalue weighted by atomic mass is 10.0. The van der Waals surface area contributed by atoms with E-state index in [1.807, 2.05) is 126 Å². The van der Waals surface area contributed by atoms with Gasteiger partial charge in [-0.3, -0.25) is 4.57 Å². The maximum absolute atomic E-state index is 13.6. The number of rotatable bonds is 5. The van der Waals surface area contributed by atoms with Crippen molar-refractivity contribution in [3.8, 4) is 45.0 Å². The topological polar surface area (TPSA) is 39.8 Å². The normalized spacial score (nSPS) is 10.8. The SMILES string of the molecule is O=c1nc(-c2cccc(-c3ccccc3)c2)n(-c2ccccc2)c(=S)n1-c1cccc(-c2ccccc2)c1. The van der Waals surface area contributed by atoms with E-state index in [2.05, 4.69) is 23.2 Å². The maximum Gasteiger partial charge on any atom is 0.356 e. The van der Waals surface area contributed by atoms with Crippen LogP contribution in [0.15, 0.2) is 144 Å². The summed E-state index contributed by atoms with van der Waals surface area (Å²) in [6.07, 6.45) is 0. The van der Waals surface area contributed by atoms with Crippen molar-refractivity contribution >= 4 is 12.2 Å². The van der Waals surface area contributed by atoms with E-state index in [0.717, 1.165) is 33.5 Å². The zero-order valence-corrected chi connectivity index (χ0v) is 21.3. The molecule has 0 bridgehead atoms. The quantitative estimate of drug-likeness (QED) is 0.223. The van der Waals surface area contributed by atoms with E-state index in [9.17, 15) is 4.79 Å². The first-order valence-corrected chi connectivity index (χ1v) is 12.7.